The molecule has 1 rings (SSSR count). The van der Waals surface area contributed by atoms with Gasteiger partial charge in [-0.15, -0.1) is 0 Å². The molecule has 0 radical (unpaired) electrons. The Balaban J connectivity index is 2.88. The van der Waals surface area contributed by atoms with Crippen LogP contribution in [-0.2, 0) is 9.05 Å². The molecule has 10 heteroatoms. The van der Waals surface area contributed by atoms with Crippen molar-refractivity contribution >= 4 is 25.6 Å². The van der Waals surface area contributed by atoms with E-state index in [2.05, 4.69) is 0 Å². The van der Waals surface area contributed by atoms with Gasteiger partial charge in [-0.2, -0.15) is 13.2 Å². The minimum Gasteiger partial charge on any atom is -0.352 e. The molecule has 0 fully saturated rings. The summed E-state index contributed by atoms with van der Waals surface area (Å²) in [4.78, 5) is 10.9. The van der Waals surface area contributed by atoms with Gasteiger partial charge in [0, 0.05) is 17.2 Å². The number of nitrogens with one attached hydrogen (secondary N) is 1. The predicted octanol–water partition coefficient (Wildman–Crippen LogP) is 2.44. The van der Waals surface area contributed by atoms with Crippen molar-refractivity contribution in [2.24, 2.45) is 0 Å². The van der Waals surface area contributed by atoms with Crippen LogP contribution >= 0.6 is 10.7 Å². The van der Waals surface area contributed by atoms with Gasteiger partial charge in [0.25, 0.3) is 15.0 Å². The number of carbonyl (C=O) groups is 1. The molecule has 4 nitrogen and oxygen atoms in total. The summed E-state index contributed by atoms with van der Waals surface area (Å²) in [7, 11) is 0.847. The van der Waals surface area contributed by atoms with E-state index in [-0.39, 0.29) is 0 Å². The van der Waals surface area contributed by atoms with Gasteiger partial charge in [-0.1, -0.05) is 0 Å². The van der Waals surface area contributed by atoms with E-state index in [1.165, 1.54) is 0 Å². The van der Waals surface area contributed by atoms with Crippen molar-refractivity contribution < 1.29 is 30.8 Å². The molecule has 1 amide bonds. The van der Waals surface area contributed by atoms with Crippen LogP contribution in [-0.4, -0.2) is 27.0 Å². The van der Waals surface area contributed by atoms with E-state index in [9.17, 15) is 30.8 Å². The number of hydrogen-bond acceptors (Lipinski definition) is 3. The summed E-state index contributed by atoms with van der Waals surface area (Å²) in [5.74, 6) is -2.23. The summed E-state index contributed by atoms with van der Waals surface area (Å²) in [5.41, 5.74) is -0.700. The van der Waals surface area contributed by atoms with E-state index in [0.29, 0.717) is 12.1 Å². The van der Waals surface area contributed by atoms with Crippen LogP contribution in [0.4, 0.5) is 17.6 Å². The Bertz CT molecular complexity index is 615. The van der Waals surface area contributed by atoms with E-state index < -0.39 is 50.4 Å². The Kier molecular flexibility index (Phi) is 4.98. The molecular weight excluding hydrogens is 326 g/mol. The highest BCUT2D eigenvalue weighted by atomic mass is 35.7. The lowest BCUT2D eigenvalue weighted by atomic mass is 10.2. The lowest BCUT2D eigenvalue weighted by molar-refractivity contribution is -0.132. The molecule has 1 aromatic rings. The SMILES string of the molecule is O=C(NCCC(F)(F)F)c1cc(S(=O)(=O)Cl)ccc1F. The number of benzene rings is 1. The van der Waals surface area contributed by atoms with Crippen LogP contribution in [0.25, 0.3) is 0 Å². The third-order valence-electron chi connectivity index (χ3n) is 2.16. The van der Waals surface area contributed by atoms with E-state index in [0.717, 1.165) is 6.07 Å². The van der Waals surface area contributed by atoms with Crippen molar-refractivity contribution in [1.82, 2.24) is 5.32 Å². The number of halogens is 5. The first-order valence-electron chi connectivity index (χ1n) is 5.10. The number of alkyl halides is 3. The second-order valence-corrected chi connectivity index (χ2v) is 6.27. The van der Waals surface area contributed by atoms with Gasteiger partial charge in [-0.05, 0) is 18.2 Å². The van der Waals surface area contributed by atoms with Crippen LogP contribution in [0, 0.1) is 5.82 Å². The molecule has 0 aliphatic rings. The molecule has 0 saturated carbocycles. The van der Waals surface area contributed by atoms with Crippen LogP contribution in [0.1, 0.15) is 16.8 Å². The smallest absolute Gasteiger partial charge is 0.352 e. The molecule has 1 aromatic carbocycles. The van der Waals surface area contributed by atoms with Gasteiger partial charge in [0.1, 0.15) is 5.82 Å². The fourth-order valence-corrected chi connectivity index (χ4v) is 2.02. The van der Waals surface area contributed by atoms with Crippen LogP contribution in [0.2, 0.25) is 0 Å². The van der Waals surface area contributed by atoms with Crippen molar-refractivity contribution in [1.29, 1.82) is 0 Å². The fourth-order valence-electron chi connectivity index (χ4n) is 1.24. The number of hydrogen-bond donors (Lipinski definition) is 1. The zero-order valence-corrected chi connectivity index (χ0v) is 11.2. The predicted molar refractivity (Wildman–Crippen MR) is 62.4 cm³/mol. The molecule has 0 unspecified atom stereocenters. The van der Waals surface area contributed by atoms with Gasteiger partial charge < -0.3 is 5.32 Å². The number of carbonyl (C=O) groups excluding carboxylic acids is 1. The Morgan fingerprint density at radius 3 is 2.40 bits per heavy atom. The third kappa shape index (κ3) is 4.97. The largest absolute Gasteiger partial charge is 0.390 e. The van der Waals surface area contributed by atoms with Crippen molar-refractivity contribution in [3.05, 3.63) is 29.6 Å². The van der Waals surface area contributed by atoms with Gasteiger partial charge >= 0.3 is 6.18 Å². The highest BCUT2D eigenvalue weighted by molar-refractivity contribution is 8.13. The van der Waals surface area contributed by atoms with Crippen LogP contribution < -0.4 is 5.32 Å². The van der Waals surface area contributed by atoms with Gasteiger partial charge in [0.2, 0.25) is 0 Å². The van der Waals surface area contributed by atoms with Crippen molar-refractivity contribution in [2.75, 3.05) is 6.54 Å². The molecule has 0 heterocycles. The zero-order chi connectivity index (χ0) is 15.6. The van der Waals surface area contributed by atoms with Gasteiger partial charge in [0.15, 0.2) is 0 Å². The topological polar surface area (TPSA) is 63.2 Å². The minimum absolute atomic E-state index is 0.526. The van der Waals surface area contributed by atoms with Crippen molar-refractivity contribution in [3.8, 4) is 0 Å². The Labute approximate surface area is 116 Å². The molecule has 0 spiro atoms. The zero-order valence-electron chi connectivity index (χ0n) is 9.67. The fraction of sp³-hybridized carbons (Fsp3) is 0.300. The molecule has 0 aromatic heterocycles. The summed E-state index contributed by atoms with van der Waals surface area (Å²) in [5, 5.41) is 1.84. The van der Waals surface area contributed by atoms with Crippen LogP contribution in [0.3, 0.4) is 0 Å². The molecule has 112 valence electrons. The summed E-state index contributed by atoms with van der Waals surface area (Å²) in [6, 6.07) is 2.18. The minimum atomic E-state index is -4.47. The highest BCUT2D eigenvalue weighted by Gasteiger charge is 2.27. The van der Waals surface area contributed by atoms with Gasteiger partial charge in [-0.25, -0.2) is 12.8 Å². The number of rotatable bonds is 4. The molecule has 0 saturated heterocycles. The summed E-state index contributed by atoms with van der Waals surface area (Å²) in [6.45, 7) is -0.750. The monoisotopic (exact) mass is 333 g/mol. The Morgan fingerprint density at radius 2 is 1.90 bits per heavy atom. The molecule has 0 atom stereocenters. The molecule has 0 aliphatic heterocycles. The average molecular weight is 334 g/mol. The first kappa shape index (κ1) is 16.7. The van der Waals surface area contributed by atoms with E-state index in [4.69, 9.17) is 10.7 Å². The van der Waals surface area contributed by atoms with E-state index >= 15 is 0 Å². The first-order chi connectivity index (χ1) is 9.00. The van der Waals surface area contributed by atoms with Crippen LogP contribution in [0.5, 0.6) is 0 Å². The molecule has 1 N–H and O–H groups in total. The Morgan fingerprint density at radius 1 is 1.30 bits per heavy atom. The highest BCUT2D eigenvalue weighted by Crippen LogP contribution is 2.20. The molecular formula is C10H8ClF4NO3S. The quantitative estimate of drug-likeness (QED) is 0.680. The lowest BCUT2D eigenvalue weighted by Crippen LogP contribution is -2.28. The van der Waals surface area contributed by atoms with E-state index in [1.54, 1.807) is 0 Å². The number of amides is 1. The maximum Gasteiger partial charge on any atom is 0.390 e. The molecule has 0 bridgehead atoms. The summed E-state index contributed by atoms with van der Waals surface area (Å²) < 4.78 is 71.1. The second kappa shape index (κ2) is 5.96. The second-order valence-electron chi connectivity index (χ2n) is 3.70. The van der Waals surface area contributed by atoms with E-state index in [1.807, 2.05) is 5.32 Å². The molecule has 0 aliphatic carbocycles. The van der Waals surface area contributed by atoms with Gasteiger partial charge in [-0.3, -0.25) is 4.79 Å². The summed E-state index contributed by atoms with van der Waals surface area (Å²) >= 11 is 0. The lowest BCUT2D eigenvalue weighted by Gasteiger charge is -2.09. The molecule has 20 heavy (non-hydrogen) atoms. The Hall–Kier alpha value is -1.35. The average Bonchev–Trinajstić information content (AvgIpc) is 2.25. The van der Waals surface area contributed by atoms with Crippen molar-refractivity contribution in [3.63, 3.8) is 0 Å². The van der Waals surface area contributed by atoms with Crippen molar-refractivity contribution in [2.45, 2.75) is 17.5 Å². The third-order valence-corrected chi connectivity index (χ3v) is 3.51. The van der Waals surface area contributed by atoms with Gasteiger partial charge in [0.05, 0.1) is 16.9 Å². The summed E-state index contributed by atoms with van der Waals surface area (Å²) in [6.07, 6.45) is -5.75. The normalized spacial score (nSPS) is 12.2. The maximum absolute atomic E-state index is 13.3. The standard InChI is InChI=1S/C10H8ClF4NO3S/c11-20(18,19)6-1-2-8(12)7(5-6)9(17)16-4-3-10(13,14)15/h1-2,5H,3-4H2,(H,16,17). The maximum atomic E-state index is 13.3. The van der Waals surface area contributed by atoms with Crippen LogP contribution in [0.15, 0.2) is 23.1 Å². The first-order valence-corrected chi connectivity index (χ1v) is 7.41.